The number of hydrogen-bond acceptors (Lipinski definition) is 3. The maximum absolute atomic E-state index is 9.29. The van der Waals surface area contributed by atoms with Crippen LogP contribution in [0.3, 0.4) is 0 Å². The molecule has 0 aliphatic carbocycles. The highest BCUT2D eigenvalue weighted by atomic mass is 16.5. The molecule has 0 spiro atoms. The van der Waals surface area contributed by atoms with Gasteiger partial charge in [0.15, 0.2) is 0 Å². The summed E-state index contributed by atoms with van der Waals surface area (Å²) in [7, 11) is 0. The van der Waals surface area contributed by atoms with Crippen molar-refractivity contribution < 1.29 is 9.84 Å². The minimum atomic E-state index is -0.161. The zero-order valence-electron chi connectivity index (χ0n) is 9.97. The fourth-order valence-electron chi connectivity index (χ4n) is 1.60. The highest BCUT2D eigenvalue weighted by molar-refractivity contribution is 4.83. The monoisotopic (exact) mass is 203 g/mol. The fourth-order valence-corrected chi connectivity index (χ4v) is 1.60. The first kappa shape index (κ1) is 13.9. The van der Waals surface area contributed by atoms with Crippen LogP contribution in [0.4, 0.5) is 0 Å². The first-order chi connectivity index (χ1) is 6.54. The lowest BCUT2D eigenvalue weighted by Crippen LogP contribution is -2.49. The summed E-state index contributed by atoms with van der Waals surface area (Å²) < 4.78 is 5.27. The SMILES string of the molecule is CCOCCCC(C)(CO)NC(C)C. The lowest BCUT2D eigenvalue weighted by molar-refractivity contribution is 0.114. The van der Waals surface area contributed by atoms with Crippen LogP contribution in [-0.2, 0) is 4.74 Å². The average molecular weight is 203 g/mol. The predicted molar refractivity (Wildman–Crippen MR) is 59.5 cm³/mol. The molecule has 0 bridgehead atoms. The number of rotatable bonds is 8. The molecular formula is C11H25NO2. The second kappa shape index (κ2) is 7.21. The Morgan fingerprint density at radius 1 is 1.43 bits per heavy atom. The molecule has 3 heteroatoms. The molecule has 3 nitrogen and oxygen atoms in total. The van der Waals surface area contributed by atoms with Gasteiger partial charge < -0.3 is 15.2 Å². The summed E-state index contributed by atoms with van der Waals surface area (Å²) in [5.41, 5.74) is -0.161. The van der Waals surface area contributed by atoms with Crippen molar-refractivity contribution in [3.05, 3.63) is 0 Å². The zero-order chi connectivity index (χ0) is 11.0. The van der Waals surface area contributed by atoms with E-state index in [2.05, 4.69) is 26.1 Å². The molecule has 0 heterocycles. The van der Waals surface area contributed by atoms with E-state index in [1.807, 2.05) is 6.92 Å². The Bertz CT molecular complexity index is 139. The van der Waals surface area contributed by atoms with E-state index in [4.69, 9.17) is 4.74 Å². The third-order valence-corrected chi connectivity index (χ3v) is 2.21. The first-order valence-corrected chi connectivity index (χ1v) is 5.50. The number of nitrogens with one attached hydrogen (secondary N) is 1. The summed E-state index contributed by atoms with van der Waals surface area (Å²) in [6.07, 6.45) is 1.94. The predicted octanol–water partition coefficient (Wildman–Crippen LogP) is 1.55. The molecule has 0 radical (unpaired) electrons. The molecule has 2 N–H and O–H groups in total. The van der Waals surface area contributed by atoms with Crippen molar-refractivity contribution in [1.82, 2.24) is 5.32 Å². The van der Waals surface area contributed by atoms with Gasteiger partial charge in [-0.3, -0.25) is 0 Å². The highest BCUT2D eigenvalue weighted by Gasteiger charge is 2.22. The molecule has 0 saturated heterocycles. The van der Waals surface area contributed by atoms with Gasteiger partial charge in [0.05, 0.1) is 6.61 Å². The van der Waals surface area contributed by atoms with Crippen LogP contribution in [0.25, 0.3) is 0 Å². The van der Waals surface area contributed by atoms with Gasteiger partial charge in [-0.1, -0.05) is 13.8 Å². The summed E-state index contributed by atoms with van der Waals surface area (Å²) >= 11 is 0. The summed E-state index contributed by atoms with van der Waals surface area (Å²) in [5.74, 6) is 0. The van der Waals surface area contributed by atoms with Crippen LogP contribution in [0.5, 0.6) is 0 Å². The molecular weight excluding hydrogens is 178 g/mol. The van der Waals surface area contributed by atoms with Gasteiger partial charge in [-0.25, -0.2) is 0 Å². The average Bonchev–Trinajstić information content (AvgIpc) is 2.11. The molecule has 0 aromatic carbocycles. The number of aliphatic hydroxyl groups is 1. The molecule has 0 aliphatic heterocycles. The van der Waals surface area contributed by atoms with Crippen LogP contribution in [0.1, 0.15) is 40.5 Å². The Balaban J connectivity index is 3.75. The Morgan fingerprint density at radius 2 is 2.07 bits per heavy atom. The molecule has 14 heavy (non-hydrogen) atoms. The molecule has 0 fully saturated rings. The van der Waals surface area contributed by atoms with Crippen LogP contribution >= 0.6 is 0 Å². The molecule has 0 amide bonds. The third-order valence-electron chi connectivity index (χ3n) is 2.21. The van der Waals surface area contributed by atoms with Crippen LogP contribution in [0.15, 0.2) is 0 Å². The zero-order valence-corrected chi connectivity index (χ0v) is 9.97. The van der Waals surface area contributed by atoms with Crippen molar-refractivity contribution in [3.63, 3.8) is 0 Å². The third kappa shape index (κ3) is 6.35. The molecule has 0 aromatic heterocycles. The van der Waals surface area contributed by atoms with E-state index in [-0.39, 0.29) is 12.1 Å². The largest absolute Gasteiger partial charge is 0.394 e. The topological polar surface area (TPSA) is 41.5 Å². The maximum Gasteiger partial charge on any atom is 0.0610 e. The standard InChI is InChI=1S/C11H25NO2/c1-5-14-8-6-7-11(4,9-13)12-10(2)3/h10,12-13H,5-9H2,1-4H3. The molecule has 1 unspecified atom stereocenters. The van der Waals surface area contributed by atoms with Crippen LogP contribution in [0.2, 0.25) is 0 Å². The molecule has 86 valence electrons. The van der Waals surface area contributed by atoms with E-state index in [0.717, 1.165) is 26.1 Å². The second-order valence-electron chi connectivity index (χ2n) is 4.32. The quantitative estimate of drug-likeness (QED) is 0.588. The van der Waals surface area contributed by atoms with Crippen molar-refractivity contribution in [2.45, 2.75) is 52.1 Å². The Labute approximate surface area is 87.8 Å². The van der Waals surface area contributed by atoms with Crippen molar-refractivity contribution in [2.24, 2.45) is 0 Å². The van der Waals surface area contributed by atoms with Crippen LogP contribution in [-0.4, -0.2) is 36.5 Å². The minimum absolute atomic E-state index is 0.161. The summed E-state index contributed by atoms with van der Waals surface area (Å²) in [4.78, 5) is 0. The van der Waals surface area contributed by atoms with E-state index >= 15 is 0 Å². The van der Waals surface area contributed by atoms with E-state index in [0.29, 0.717) is 6.04 Å². The summed E-state index contributed by atoms with van der Waals surface area (Å²) in [6.45, 7) is 9.97. The van der Waals surface area contributed by atoms with Gasteiger partial charge in [0.1, 0.15) is 0 Å². The number of aliphatic hydroxyl groups excluding tert-OH is 1. The van der Waals surface area contributed by atoms with Crippen LogP contribution < -0.4 is 5.32 Å². The fraction of sp³-hybridized carbons (Fsp3) is 1.00. The Morgan fingerprint density at radius 3 is 2.50 bits per heavy atom. The number of hydrogen-bond donors (Lipinski definition) is 2. The lowest BCUT2D eigenvalue weighted by atomic mass is 9.96. The van der Waals surface area contributed by atoms with E-state index < -0.39 is 0 Å². The normalized spacial score (nSPS) is 15.9. The van der Waals surface area contributed by atoms with Gasteiger partial charge in [-0.05, 0) is 26.7 Å². The van der Waals surface area contributed by atoms with Crippen molar-refractivity contribution in [3.8, 4) is 0 Å². The smallest absolute Gasteiger partial charge is 0.0610 e. The lowest BCUT2D eigenvalue weighted by Gasteiger charge is -2.31. The molecule has 1 atom stereocenters. The van der Waals surface area contributed by atoms with Gasteiger partial charge >= 0.3 is 0 Å². The second-order valence-corrected chi connectivity index (χ2v) is 4.32. The maximum atomic E-state index is 9.29. The molecule has 0 aliphatic rings. The Hall–Kier alpha value is -0.120. The van der Waals surface area contributed by atoms with Crippen molar-refractivity contribution in [2.75, 3.05) is 19.8 Å². The van der Waals surface area contributed by atoms with E-state index in [1.54, 1.807) is 0 Å². The molecule has 0 aromatic rings. The van der Waals surface area contributed by atoms with E-state index in [9.17, 15) is 5.11 Å². The summed E-state index contributed by atoms with van der Waals surface area (Å²) in [5, 5.41) is 12.7. The van der Waals surface area contributed by atoms with E-state index in [1.165, 1.54) is 0 Å². The summed E-state index contributed by atoms with van der Waals surface area (Å²) in [6, 6.07) is 0.402. The highest BCUT2D eigenvalue weighted by Crippen LogP contribution is 2.12. The van der Waals surface area contributed by atoms with Gasteiger partial charge in [0, 0.05) is 24.8 Å². The van der Waals surface area contributed by atoms with Gasteiger partial charge in [-0.15, -0.1) is 0 Å². The first-order valence-electron chi connectivity index (χ1n) is 5.50. The van der Waals surface area contributed by atoms with Crippen LogP contribution in [0, 0.1) is 0 Å². The Kier molecular flexibility index (Phi) is 7.15. The van der Waals surface area contributed by atoms with Crippen molar-refractivity contribution in [1.29, 1.82) is 0 Å². The van der Waals surface area contributed by atoms with Crippen molar-refractivity contribution >= 4 is 0 Å². The minimum Gasteiger partial charge on any atom is -0.394 e. The van der Waals surface area contributed by atoms with Gasteiger partial charge in [-0.2, -0.15) is 0 Å². The number of ether oxygens (including phenoxy) is 1. The molecule has 0 rings (SSSR count). The van der Waals surface area contributed by atoms with Gasteiger partial charge in [0.2, 0.25) is 0 Å². The van der Waals surface area contributed by atoms with Gasteiger partial charge in [0.25, 0.3) is 0 Å². The molecule has 0 saturated carbocycles.